The monoisotopic (exact) mass is 849 g/mol. The maximum Gasteiger partial charge on any atom is 0.425 e. The van der Waals surface area contributed by atoms with Crippen LogP contribution in [0.2, 0.25) is 0 Å². The molecule has 62 heavy (non-hydrogen) atoms. The SMILES string of the molecule is COc1ccc(N(C(=O)Oc2cc(NC(=O)c3ccc(CN4CCN(C)CC4)c(C(C)(F)F)c3)ccc2C)c2ccnc(Nc3ccc(N4CCN(C)CC4)cc3)n2)c(OC)c1. The molecule has 0 saturated carbocycles. The van der Waals surface area contributed by atoms with Crippen molar-refractivity contribution < 1.29 is 32.6 Å². The van der Waals surface area contributed by atoms with E-state index in [0.717, 1.165) is 70.7 Å². The maximum absolute atomic E-state index is 15.0. The van der Waals surface area contributed by atoms with E-state index in [2.05, 4.69) is 54.4 Å². The van der Waals surface area contributed by atoms with Crippen LogP contribution in [0.1, 0.15) is 34.0 Å². The number of alkyl halides is 2. The third-order valence-corrected chi connectivity index (χ3v) is 11.2. The second kappa shape index (κ2) is 19.1. The summed E-state index contributed by atoms with van der Waals surface area (Å²) in [5, 5.41) is 6.03. The van der Waals surface area contributed by atoms with Gasteiger partial charge in [0, 0.05) is 118 Å². The minimum Gasteiger partial charge on any atom is -0.497 e. The predicted octanol–water partition coefficient (Wildman–Crippen LogP) is 7.75. The molecule has 0 atom stereocenters. The molecule has 0 aliphatic carbocycles. The van der Waals surface area contributed by atoms with Crippen LogP contribution in [0, 0.1) is 6.92 Å². The maximum atomic E-state index is 15.0. The van der Waals surface area contributed by atoms with Gasteiger partial charge in [0.25, 0.3) is 11.8 Å². The van der Waals surface area contributed by atoms with Gasteiger partial charge in [-0.05, 0) is 86.7 Å². The van der Waals surface area contributed by atoms with Gasteiger partial charge >= 0.3 is 6.09 Å². The number of benzene rings is 4. The van der Waals surface area contributed by atoms with Crippen LogP contribution in [0.25, 0.3) is 0 Å². The summed E-state index contributed by atoms with van der Waals surface area (Å²) in [7, 11) is 7.16. The summed E-state index contributed by atoms with van der Waals surface area (Å²) >= 11 is 0. The van der Waals surface area contributed by atoms with Gasteiger partial charge in [0.15, 0.2) is 0 Å². The van der Waals surface area contributed by atoms with Gasteiger partial charge < -0.3 is 39.5 Å². The van der Waals surface area contributed by atoms with E-state index in [0.29, 0.717) is 34.9 Å². The Hall–Kier alpha value is -6.36. The van der Waals surface area contributed by atoms with E-state index in [9.17, 15) is 18.4 Å². The number of hydrogen-bond donors (Lipinski definition) is 2. The molecule has 4 aromatic carbocycles. The number of halogens is 2. The van der Waals surface area contributed by atoms with Gasteiger partial charge in [0.2, 0.25) is 5.95 Å². The number of ether oxygens (including phenoxy) is 3. The van der Waals surface area contributed by atoms with Crippen LogP contribution in [-0.2, 0) is 12.5 Å². The van der Waals surface area contributed by atoms with E-state index in [1.807, 2.05) is 19.2 Å². The van der Waals surface area contributed by atoms with Crippen LogP contribution in [0.4, 0.5) is 48.1 Å². The molecule has 2 aliphatic rings. The molecule has 1 aromatic heterocycles. The normalized spacial score (nSPS) is 15.2. The highest BCUT2D eigenvalue weighted by Crippen LogP contribution is 2.38. The molecule has 0 spiro atoms. The van der Waals surface area contributed by atoms with Crippen LogP contribution < -0.4 is 34.6 Å². The Morgan fingerprint density at radius 3 is 2.16 bits per heavy atom. The highest BCUT2D eigenvalue weighted by atomic mass is 19.3. The van der Waals surface area contributed by atoms with Gasteiger partial charge in [-0.3, -0.25) is 9.69 Å². The first-order valence-corrected chi connectivity index (χ1v) is 20.5. The summed E-state index contributed by atoms with van der Waals surface area (Å²) in [5.74, 6) is -2.41. The lowest BCUT2D eigenvalue weighted by atomic mass is 9.98. The number of carbonyl (C=O) groups excluding carboxylic acids is 2. The Balaban J connectivity index is 1.12. The second-order valence-corrected chi connectivity index (χ2v) is 15.7. The quantitative estimate of drug-likeness (QED) is 0.120. The van der Waals surface area contributed by atoms with E-state index in [1.54, 1.807) is 55.5 Å². The number of amides is 2. The third-order valence-electron chi connectivity index (χ3n) is 11.2. The fourth-order valence-corrected chi connectivity index (χ4v) is 7.41. The van der Waals surface area contributed by atoms with Gasteiger partial charge in [-0.15, -0.1) is 0 Å². The molecule has 3 heterocycles. The van der Waals surface area contributed by atoms with Crippen molar-refractivity contribution in [3.05, 3.63) is 113 Å². The summed E-state index contributed by atoms with van der Waals surface area (Å²) in [6, 6.07) is 23.8. The second-order valence-electron chi connectivity index (χ2n) is 15.7. The standard InChI is InChI=1S/C46H53F2N9O5/c1-31-7-10-35(50-43(58)32-8-9-33(38(27-32)46(2,47)48)30-55-23-19-53(3)20-24-55)28-40(31)62-45(59)57(39-16-15-37(60-5)29-41(39)61-6)42-17-18-49-44(52-42)51-34-11-13-36(14-12-34)56-25-21-54(4)22-26-56/h7-18,27-29H,19-26,30H2,1-6H3,(H,50,58)(H,49,51,52). The fraction of sp³-hybridized carbons (Fsp3) is 0.348. The van der Waals surface area contributed by atoms with E-state index in [-0.39, 0.29) is 34.3 Å². The summed E-state index contributed by atoms with van der Waals surface area (Å²) in [6.45, 7) is 10.1. The topological polar surface area (TPSA) is 128 Å². The van der Waals surface area contributed by atoms with Crippen LogP contribution in [-0.4, -0.2) is 117 Å². The smallest absolute Gasteiger partial charge is 0.425 e. The Morgan fingerprint density at radius 1 is 0.790 bits per heavy atom. The minimum atomic E-state index is -3.17. The molecule has 2 amide bonds. The first-order valence-electron chi connectivity index (χ1n) is 20.5. The summed E-state index contributed by atoms with van der Waals surface area (Å²) in [6.07, 6.45) is 0.687. The van der Waals surface area contributed by atoms with E-state index >= 15 is 0 Å². The zero-order chi connectivity index (χ0) is 44.0. The number of likely N-dealkylation sites (N-methyl/N-ethyl adjacent to an activating group) is 2. The molecular weight excluding hydrogens is 797 g/mol. The lowest BCUT2D eigenvalue weighted by Crippen LogP contribution is -2.44. The molecule has 2 N–H and O–H groups in total. The van der Waals surface area contributed by atoms with Crippen LogP contribution in [0.15, 0.2) is 91.1 Å². The molecule has 0 bridgehead atoms. The number of methoxy groups -OCH3 is 2. The van der Waals surface area contributed by atoms with Crippen molar-refractivity contribution >= 4 is 46.5 Å². The number of nitrogens with one attached hydrogen (secondary N) is 2. The largest absolute Gasteiger partial charge is 0.497 e. The van der Waals surface area contributed by atoms with Crippen molar-refractivity contribution in [2.75, 3.05) is 101 Å². The van der Waals surface area contributed by atoms with Crippen molar-refractivity contribution in [3.8, 4) is 17.2 Å². The number of carbonyl (C=O) groups is 2. The number of rotatable bonds is 13. The summed E-state index contributed by atoms with van der Waals surface area (Å²) in [4.78, 5) is 47.4. The Labute approximate surface area is 361 Å². The molecule has 14 nitrogen and oxygen atoms in total. The van der Waals surface area contributed by atoms with E-state index < -0.39 is 17.9 Å². The predicted molar refractivity (Wildman–Crippen MR) is 237 cm³/mol. The van der Waals surface area contributed by atoms with Crippen molar-refractivity contribution in [1.29, 1.82) is 0 Å². The summed E-state index contributed by atoms with van der Waals surface area (Å²) < 4.78 is 47.1. The zero-order valence-corrected chi connectivity index (χ0v) is 36.0. The highest BCUT2D eigenvalue weighted by Gasteiger charge is 2.31. The van der Waals surface area contributed by atoms with Crippen LogP contribution in [0.5, 0.6) is 17.2 Å². The minimum absolute atomic E-state index is 0.0692. The van der Waals surface area contributed by atoms with Gasteiger partial charge in [-0.2, -0.15) is 4.98 Å². The molecule has 2 aliphatic heterocycles. The molecule has 0 unspecified atom stereocenters. The van der Waals surface area contributed by atoms with Gasteiger partial charge in [0.05, 0.1) is 19.9 Å². The number of aromatic nitrogens is 2. The highest BCUT2D eigenvalue weighted by molar-refractivity contribution is 6.05. The molecule has 2 fully saturated rings. The average molecular weight is 850 g/mol. The van der Waals surface area contributed by atoms with Crippen LogP contribution >= 0.6 is 0 Å². The lowest BCUT2D eigenvalue weighted by molar-refractivity contribution is 0.0155. The fourth-order valence-electron chi connectivity index (χ4n) is 7.41. The lowest BCUT2D eigenvalue weighted by Gasteiger charge is -2.34. The first kappa shape index (κ1) is 43.7. The first-order chi connectivity index (χ1) is 29.8. The van der Waals surface area contributed by atoms with Crippen molar-refractivity contribution in [3.63, 3.8) is 0 Å². The number of anilines is 6. The Morgan fingerprint density at radius 2 is 1.48 bits per heavy atom. The molecular formula is C46H53F2N9O5. The molecule has 0 radical (unpaired) electrons. The van der Waals surface area contributed by atoms with E-state index in [4.69, 9.17) is 19.2 Å². The van der Waals surface area contributed by atoms with Crippen molar-refractivity contribution in [2.45, 2.75) is 26.3 Å². The molecule has 16 heteroatoms. The molecule has 326 valence electrons. The third kappa shape index (κ3) is 10.6. The van der Waals surface area contributed by atoms with Gasteiger partial charge in [-0.25, -0.2) is 23.5 Å². The number of hydrogen-bond acceptors (Lipinski definition) is 12. The number of aryl methyl sites for hydroxylation is 1. The van der Waals surface area contributed by atoms with Gasteiger partial charge in [-0.1, -0.05) is 12.1 Å². The van der Waals surface area contributed by atoms with Crippen LogP contribution in [0.3, 0.4) is 0 Å². The van der Waals surface area contributed by atoms with Crippen molar-refractivity contribution in [2.24, 2.45) is 0 Å². The summed E-state index contributed by atoms with van der Waals surface area (Å²) in [5.41, 5.74) is 3.41. The molecule has 7 rings (SSSR count). The zero-order valence-electron chi connectivity index (χ0n) is 36.0. The number of piperazine rings is 2. The average Bonchev–Trinajstić information content (AvgIpc) is 3.26. The Bertz CT molecular complexity index is 2360. The Kier molecular flexibility index (Phi) is 13.5. The molecule has 2 saturated heterocycles. The van der Waals surface area contributed by atoms with E-state index in [1.165, 1.54) is 37.4 Å². The van der Waals surface area contributed by atoms with Crippen molar-refractivity contribution in [1.82, 2.24) is 24.7 Å². The molecule has 5 aromatic rings. The van der Waals surface area contributed by atoms with Gasteiger partial charge in [0.1, 0.15) is 23.1 Å². The number of nitrogens with zero attached hydrogens (tertiary/aromatic N) is 7.